The number of pyridine rings is 1. The van der Waals surface area contributed by atoms with Crippen LogP contribution >= 0.6 is 0 Å². The maximum atomic E-state index is 12.6. The van der Waals surface area contributed by atoms with Crippen molar-refractivity contribution in [1.29, 1.82) is 0 Å². The molecule has 98 valence electrons. The van der Waals surface area contributed by atoms with Gasteiger partial charge < -0.3 is 0 Å². The van der Waals surface area contributed by atoms with E-state index in [4.69, 9.17) is 0 Å². The van der Waals surface area contributed by atoms with Gasteiger partial charge in [0.15, 0.2) is 0 Å². The van der Waals surface area contributed by atoms with Gasteiger partial charge in [-0.1, -0.05) is 42.5 Å². The normalized spacial score (nSPS) is 10.7. The fraction of sp³-hybridized carbons (Fsp3) is 0.111. The van der Waals surface area contributed by atoms with Crippen molar-refractivity contribution >= 4 is 16.7 Å². The second-order valence-electron chi connectivity index (χ2n) is 4.99. The maximum absolute atomic E-state index is 12.6. The van der Waals surface area contributed by atoms with Crippen LogP contribution in [0.3, 0.4) is 0 Å². The molecule has 1 aromatic heterocycles. The third kappa shape index (κ3) is 2.10. The standard InChI is InChI=1S/C18H15NO/c1-12-7-3-4-9-15(12)18(20)17-11-13(2)14-8-5-6-10-16(14)19-17/h3-11H,1-2H3. The van der Waals surface area contributed by atoms with Crippen molar-refractivity contribution in [2.75, 3.05) is 0 Å². The topological polar surface area (TPSA) is 30.0 Å². The van der Waals surface area contributed by atoms with E-state index in [1.807, 2.05) is 68.4 Å². The number of benzene rings is 2. The second-order valence-corrected chi connectivity index (χ2v) is 4.99. The van der Waals surface area contributed by atoms with Crippen LogP contribution in [0.2, 0.25) is 0 Å². The summed E-state index contributed by atoms with van der Waals surface area (Å²) in [5.41, 5.74) is 4.15. The lowest BCUT2D eigenvalue weighted by molar-refractivity contribution is 0.103. The van der Waals surface area contributed by atoms with Gasteiger partial charge in [0.25, 0.3) is 0 Å². The van der Waals surface area contributed by atoms with E-state index < -0.39 is 0 Å². The summed E-state index contributed by atoms with van der Waals surface area (Å²) in [5, 5.41) is 1.09. The number of fused-ring (bicyclic) bond motifs is 1. The molecule has 0 atom stereocenters. The van der Waals surface area contributed by atoms with Crippen LogP contribution in [0.4, 0.5) is 0 Å². The third-order valence-electron chi connectivity index (χ3n) is 3.55. The van der Waals surface area contributed by atoms with Crippen LogP contribution in [-0.4, -0.2) is 10.8 Å². The summed E-state index contributed by atoms with van der Waals surface area (Å²) in [6.45, 7) is 3.96. The Kier molecular flexibility index (Phi) is 3.07. The Morgan fingerprint density at radius 1 is 0.900 bits per heavy atom. The Hall–Kier alpha value is -2.48. The lowest BCUT2D eigenvalue weighted by atomic mass is 10.0. The average molecular weight is 261 g/mol. The Bertz CT molecular complexity index is 805. The Morgan fingerprint density at radius 3 is 2.40 bits per heavy atom. The summed E-state index contributed by atoms with van der Waals surface area (Å²) in [6.07, 6.45) is 0. The van der Waals surface area contributed by atoms with E-state index in [-0.39, 0.29) is 5.78 Å². The molecule has 0 unspecified atom stereocenters. The first-order chi connectivity index (χ1) is 9.66. The van der Waals surface area contributed by atoms with Crippen LogP contribution in [0.15, 0.2) is 54.6 Å². The molecule has 0 aliphatic heterocycles. The van der Waals surface area contributed by atoms with Crippen LogP contribution in [0, 0.1) is 13.8 Å². The van der Waals surface area contributed by atoms with E-state index in [2.05, 4.69) is 4.98 Å². The average Bonchev–Trinajstić information content (AvgIpc) is 2.47. The van der Waals surface area contributed by atoms with Gasteiger partial charge in [0.05, 0.1) is 5.52 Å². The molecule has 0 bridgehead atoms. The predicted octanol–water partition coefficient (Wildman–Crippen LogP) is 4.08. The van der Waals surface area contributed by atoms with E-state index in [0.717, 1.165) is 27.6 Å². The molecule has 0 amide bonds. The van der Waals surface area contributed by atoms with Gasteiger partial charge in [-0.25, -0.2) is 4.98 Å². The van der Waals surface area contributed by atoms with Gasteiger partial charge in [0.2, 0.25) is 5.78 Å². The van der Waals surface area contributed by atoms with E-state index in [0.29, 0.717) is 5.69 Å². The SMILES string of the molecule is Cc1ccccc1C(=O)c1cc(C)c2ccccc2n1. The lowest BCUT2D eigenvalue weighted by Crippen LogP contribution is -2.06. The summed E-state index contributed by atoms with van der Waals surface area (Å²) in [7, 11) is 0. The van der Waals surface area contributed by atoms with Crippen molar-refractivity contribution in [3.05, 3.63) is 77.0 Å². The zero-order chi connectivity index (χ0) is 14.1. The minimum Gasteiger partial charge on any atom is -0.287 e. The summed E-state index contributed by atoms with van der Waals surface area (Å²) in [5.74, 6) is -0.0167. The van der Waals surface area contributed by atoms with Crippen molar-refractivity contribution in [3.8, 4) is 0 Å². The van der Waals surface area contributed by atoms with Gasteiger partial charge >= 0.3 is 0 Å². The summed E-state index contributed by atoms with van der Waals surface area (Å²) in [4.78, 5) is 17.1. The molecule has 0 N–H and O–H groups in total. The second kappa shape index (κ2) is 4.89. The molecule has 0 fully saturated rings. The minimum absolute atomic E-state index is 0.0167. The molecule has 20 heavy (non-hydrogen) atoms. The number of nitrogens with zero attached hydrogens (tertiary/aromatic N) is 1. The molecule has 3 rings (SSSR count). The van der Waals surface area contributed by atoms with Crippen LogP contribution in [0.1, 0.15) is 27.2 Å². The first-order valence-electron chi connectivity index (χ1n) is 6.63. The largest absolute Gasteiger partial charge is 0.287 e. The van der Waals surface area contributed by atoms with Crippen LogP contribution in [-0.2, 0) is 0 Å². The zero-order valence-electron chi connectivity index (χ0n) is 11.6. The van der Waals surface area contributed by atoms with Crippen molar-refractivity contribution < 1.29 is 4.79 Å². The third-order valence-corrected chi connectivity index (χ3v) is 3.55. The number of aromatic nitrogens is 1. The molecule has 0 saturated carbocycles. The lowest BCUT2D eigenvalue weighted by Gasteiger charge is -2.07. The molecule has 0 saturated heterocycles. The zero-order valence-corrected chi connectivity index (χ0v) is 11.6. The number of hydrogen-bond acceptors (Lipinski definition) is 2. The molecule has 2 nitrogen and oxygen atoms in total. The first kappa shape index (κ1) is 12.5. The van der Waals surface area contributed by atoms with Gasteiger partial charge in [0.1, 0.15) is 5.69 Å². The Labute approximate surface area is 118 Å². The molecule has 0 radical (unpaired) electrons. The van der Waals surface area contributed by atoms with Crippen molar-refractivity contribution in [2.45, 2.75) is 13.8 Å². The predicted molar refractivity (Wildman–Crippen MR) is 81.1 cm³/mol. The van der Waals surface area contributed by atoms with Crippen molar-refractivity contribution in [3.63, 3.8) is 0 Å². The summed E-state index contributed by atoms with van der Waals surface area (Å²) < 4.78 is 0. The maximum Gasteiger partial charge on any atom is 0.211 e. The van der Waals surface area contributed by atoms with Gasteiger partial charge in [-0.15, -0.1) is 0 Å². The molecule has 3 aromatic rings. The van der Waals surface area contributed by atoms with E-state index >= 15 is 0 Å². The fourth-order valence-corrected chi connectivity index (χ4v) is 2.43. The van der Waals surface area contributed by atoms with Gasteiger partial charge in [-0.05, 0) is 37.1 Å². The number of carbonyl (C=O) groups excluding carboxylic acids is 1. The molecule has 0 aliphatic carbocycles. The number of aryl methyl sites for hydroxylation is 2. The molecule has 0 aliphatic rings. The molecule has 2 aromatic carbocycles. The van der Waals surface area contributed by atoms with Crippen molar-refractivity contribution in [2.24, 2.45) is 0 Å². The number of hydrogen-bond donors (Lipinski definition) is 0. The smallest absolute Gasteiger partial charge is 0.211 e. The Balaban J connectivity index is 2.16. The molecule has 0 spiro atoms. The minimum atomic E-state index is -0.0167. The number of ketones is 1. The Morgan fingerprint density at radius 2 is 1.60 bits per heavy atom. The van der Waals surface area contributed by atoms with Gasteiger partial charge in [0, 0.05) is 10.9 Å². The van der Waals surface area contributed by atoms with Gasteiger partial charge in [-0.2, -0.15) is 0 Å². The highest BCUT2D eigenvalue weighted by Crippen LogP contribution is 2.20. The van der Waals surface area contributed by atoms with E-state index in [1.165, 1.54) is 0 Å². The quantitative estimate of drug-likeness (QED) is 0.650. The molecule has 2 heteroatoms. The highest BCUT2D eigenvalue weighted by molar-refractivity contribution is 6.09. The fourth-order valence-electron chi connectivity index (χ4n) is 2.43. The number of rotatable bonds is 2. The van der Waals surface area contributed by atoms with Gasteiger partial charge in [-0.3, -0.25) is 4.79 Å². The summed E-state index contributed by atoms with van der Waals surface area (Å²) in [6, 6.07) is 17.4. The highest BCUT2D eigenvalue weighted by atomic mass is 16.1. The summed E-state index contributed by atoms with van der Waals surface area (Å²) >= 11 is 0. The van der Waals surface area contributed by atoms with E-state index in [9.17, 15) is 4.79 Å². The molecular weight excluding hydrogens is 246 g/mol. The van der Waals surface area contributed by atoms with Crippen LogP contribution < -0.4 is 0 Å². The highest BCUT2D eigenvalue weighted by Gasteiger charge is 2.14. The first-order valence-corrected chi connectivity index (χ1v) is 6.63. The monoisotopic (exact) mass is 261 g/mol. The van der Waals surface area contributed by atoms with Crippen molar-refractivity contribution in [1.82, 2.24) is 4.98 Å². The van der Waals surface area contributed by atoms with Crippen LogP contribution in [0.25, 0.3) is 10.9 Å². The van der Waals surface area contributed by atoms with Crippen LogP contribution in [0.5, 0.6) is 0 Å². The number of carbonyl (C=O) groups is 1. The molecular formula is C18H15NO. The number of para-hydroxylation sites is 1. The van der Waals surface area contributed by atoms with E-state index in [1.54, 1.807) is 0 Å². The molecule has 1 heterocycles.